The van der Waals surface area contributed by atoms with Gasteiger partial charge < -0.3 is 5.32 Å². The molecule has 0 aliphatic carbocycles. The highest BCUT2D eigenvalue weighted by atomic mass is 79.9. The Kier molecular flexibility index (Phi) is 3.90. The average molecular weight is 298 g/mol. The van der Waals surface area contributed by atoms with Crippen molar-refractivity contribution in [2.45, 2.75) is 13.3 Å². The molecule has 2 aromatic rings. The summed E-state index contributed by atoms with van der Waals surface area (Å²) in [5, 5.41) is 4.43. The number of rotatable bonds is 4. The van der Waals surface area contributed by atoms with Crippen molar-refractivity contribution in [1.29, 1.82) is 0 Å². The van der Waals surface area contributed by atoms with E-state index in [2.05, 4.69) is 38.1 Å². The molecule has 3 nitrogen and oxygen atoms in total. The van der Waals surface area contributed by atoms with Crippen LogP contribution in [0.15, 0.2) is 29.0 Å². The zero-order chi connectivity index (χ0) is 11.4. The van der Waals surface area contributed by atoms with Gasteiger partial charge in [-0.1, -0.05) is 0 Å². The van der Waals surface area contributed by atoms with Gasteiger partial charge in [-0.2, -0.15) is 0 Å². The minimum absolute atomic E-state index is 0.863. The summed E-state index contributed by atoms with van der Waals surface area (Å²) in [5.41, 5.74) is 0. The molecule has 0 saturated heterocycles. The maximum Gasteiger partial charge on any atom is 0.125 e. The number of halogens is 1. The second kappa shape index (κ2) is 5.41. The van der Waals surface area contributed by atoms with Crippen LogP contribution in [0, 0.1) is 6.92 Å². The molecule has 84 valence electrons. The highest BCUT2D eigenvalue weighted by molar-refractivity contribution is 9.10. The van der Waals surface area contributed by atoms with Crippen molar-refractivity contribution < 1.29 is 0 Å². The van der Waals surface area contributed by atoms with Gasteiger partial charge in [0.15, 0.2) is 0 Å². The molecule has 0 radical (unpaired) electrons. The molecule has 0 aromatic carbocycles. The summed E-state index contributed by atoms with van der Waals surface area (Å²) >= 11 is 5.10. The maximum atomic E-state index is 4.31. The average Bonchev–Trinajstić information content (AvgIpc) is 2.67. The van der Waals surface area contributed by atoms with Crippen LogP contribution in [0.4, 0.5) is 5.82 Å². The quantitative estimate of drug-likeness (QED) is 0.941. The van der Waals surface area contributed by atoms with Gasteiger partial charge in [0.05, 0.1) is 5.01 Å². The van der Waals surface area contributed by atoms with Gasteiger partial charge in [-0.25, -0.2) is 9.97 Å². The van der Waals surface area contributed by atoms with Gasteiger partial charge >= 0.3 is 0 Å². The van der Waals surface area contributed by atoms with Gasteiger partial charge in [0.25, 0.3) is 0 Å². The van der Waals surface area contributed by atoms with E-state index in [9.17, 15) is 0 Å². The molecule has 0 amide bonds. The third kappa shape index (κ3) is 3.28. The molecule has 2 rings (SSSR count). The van der Waals surface area contributed by atoms with Crippen LogP contribution < -0.4 is 5.32 Å². The third-order valence-corrected chi connectivity index (χ3v) is 3.48. The van der Waals surface area contributed by atoms with Crippen molar-refractivity contribution in [2.75, 3.05) is 11.9 Å². The minimum atomic E-state index is 0.863. The number of nitrogens with one attached hydrogen (secondary N) is 1. The summed E-state index contributed by atoms with van der Waals surface area (Å²) in [5.74, 6) is 0.900. The highest BCUT2D eigenvalue weighted by Crippen LogP contribution is 2.13. The molecule has 0 saturated carbocycles. The van der Waals surface area contributed by atoms with Crippen molar-refractivity contribution in [3.05, 3.63) is 38.9 Å². The molecule has 0 aliphatic rings. The Morgan fingerprint density at radius 1 is 1.31 bits per heavy atom. The lowest BCUT2D eigenvalue weighted by Gasteiger charge is -2.03. The number of aryl methyl sites for hydroxylation is 1. The first-order chi connectivity index (χ1) is 7.74. The first-order valence-corrected chi connectivity index (χ1v) is 6.62. The van der Waals surface area contributed by atoms with E-state index in [0.717, 1.165) is 23.3 Å². The van der Waals surface area contributed by atoms with Crippen molar-refractivity contribution in [2.24, 2.45) is 0 Å². The van der Waals surface area contributed by atoms with Crippen LogP contribution in [0.25, 0.3) is 0 Å². The fourth-order valence-electron chi connectivity index (χ4n) is 1.29. The van der Waals surface area contributed by atoms with Crippen LogP contribution in [0.2, 0.25) is 0 Å². The molecule has 0 aliphatic heterocycles. The van der Waals surface area contributed by atoms with Gasteiger partial charge in [-0.05, 0) is 35.0 Å². The first kappa shape index (κ1) is 11.5. The Morgan fingerprint density at radius 2 is 2.19 bits per heavy atom. The van der Waals surface area contributed by atoms with Crippen molar-refractivity contribution >= 4 is 33.1 Å². The molecule has 0 atom stereocenters. The Morgan fingerprint density at radius 3 is 2.81 bits per heavy atom. The highest BCUT2D eigenvalue weighted by Gasteiger charge is 1.98. The van der Waals surface area contributed by atoms with Crippen LogP contribution in [0.5, 0.6) is 0 Å². The van der Waals surface area contributed by atoms with Crippen LogP contribution in [0.3, 0.4) is 0 Å². The van der Waals surface area contributed by atoms with E-state index in [1.165, 1.54) is 9.88 Å². The summed E-state index contributed by atoms with van der Waals surface area (Å²) in [6.07, 6.45) is 4.64. The summed E-state index contributed by atoms with van der Waals surface area (Å²) in [6, 6.07) is 3.93. The van der Waals surface area contributed by atoms with Crippen molar-refractivity contribution in [3.8, 4) is 0 Å². The molecule has 0 fully saturated rings. The SMILES string of the molecule is Cc1cnc(CCNc2ccc(Br)cn2)s1. The lowest BCUT2D eigenvalue weighted by Crippen LogP contribution is -2.05. The van der Waals surface area contributed by atoms with Crippen LogP contribution in [-0.4, -0.2) is 16.5 Å². The number of aromatic nitrogens is 2. The zero-order valence-electron chi connectivity index (χ0n) is 8.90. The molecule has 2 heterocycles. The summed E-state index contributed by atoms with van der Waals surface area (Å²) in [6.45, 7) is 2.94. The number of anilines is 1. The number of pyridine rings is 1. The number of hydrogen-bond donors (Lipinski definition) is 1. The monoisotopic (exact) mass is 297 g/mol. The Balaban J connectivity index is 1.82. The number of thiazole rings is 1. The fourth-order valence-corrected chi connectivity index (χ4v) is 2.32. The molecule has 2 aromatic heterocycles. The standard InChI is InChI=1S/C11H12BrN3S/c1-8-6-15-11(16-8)4-5-13-10-3-2-9(12)7-14-10/h2-3,6-7H,4-5H2,1H3,(H,13,14). The summed E-state index contributed by atoms with van der Waals surface area (Å²) in [7, 11) is 0. The molecule has 1 N–H and O–H groups in total. The lowest BCUT2D eigenvalue weighted by atomic mass is 10.4. The Bertz CT molecular complexity index is 453. The largest absolute Gasteiger partial charge is 0.370 e. The number of hydrogen-bond acceptors (Lipinski definition) is 4. The molecular formula is C11H12BrN3S. The van der Waals surface area contributed by atoms with E-state index in [1.807, 2.05) is 18.3 Å². The zero-order valence-corrected chi connectivity index (χ0v) is 11.3. The molecule has 0 spiro atoms. The lowest BCUT2D eigenvalue weighted by molar-refractivity contribution is 0.987. The molecule has 16 heavy (non-hydrogen) atoms. The Hall–Kier alpha value is -0.940. The van der Waals surface area contributed by atoms with Gasteiger partial charge in [-0.15, -0.1) is 11.3 Å². The smallest absolute Gasteiger partial charge is 0.125 e. The molecular weight excluding hydrogens is 286 g/mol. The van der Waals surface area contributed by atoms with E-state index in [4.69, 9.17) is 0 Å². The van der Waals surface area contributed by atoms with Gasteiger partial charge in [0, 0.05) is 34.7 Å². The topological polar surface area (TPSA) is 37.8 Å². The molecule has 0 unspecified atom stereocenters. The van der Waals surface area contributed by atoms with Gasteiger partial charge in [-0.3, -0.25) is 0 Å². The van der Waals surface area contributed by atoms with Gasteiger partial charge in [0.1, 0.15) is 5.82 Å². The van der Waals surface area contributed by atoms with E-state index in [-0.39, 0.29) is 0 Å². The predicted molar refractivity (Wildman–Crippen MR) is 71.0 cm³/mol. The van der Waals surface area contributed by atoms with Crippen molar-refractivity contribution in [1.82, 2.24) is 9.97 Å². The fraction of sp³-hybridized carbons (Fsp3) is 0.273. The van der Waals surface area contributed by atoms with Crippen LogP contribution in [0.1, 0.15) is 9.88 Å². The van der Waals surface area contributed by atoms with Crippen LogP contribution >= 0.6 is 27.3 Å². The Labute approximate surface area is 107 Å². The van der Waals surface area contributed by atoms with Crippen molar-refractivity contribution in [3.63, 3.8) is 0 Å². The molecule has 5 heteroatoms. The van der Waals surface area contributed by atoms with Gasteiger partial charge in [0.2, 0.25) is 0 Å². The van der Waals surface area contributed by atoms with E-state index < -0.39 is 0 Å². The third-order valence-electron chi connectivity index (χ3n) is 2.04. The number of nitrogens with zero attached hydrogens (tertiary/aromatic N) is 2. The van der Waals surface area contributed by atoms with E-state index in [1.54, 1.807) is 17.5 Å². The van der Waals surface area contributed by atoms with E-state index in [0.29, 0.717) is 0 Å². The second-order valence-corrected chi connectivity index (χ2v) is 5.64. The first-order valence-electron chi connectivity index (χ1n) is 5.01. The van der Waals surface area contributed by atoms with Crippen LogP contribution in [-0.2, 0) is 6.42 Å². The molecule has 0 bridgehead atoms. The maximum absolute atomic E-state index is 4.31. The minimum Gasteiger partial charge on any atom is -0.370 e. The predicted octanol–water partition coefficient (Wildman–Crippen LogP) is 3.26. The normalized spacial score (nSPS) is 10.4. The van der Waals surface area contributed by atoms with E-state index >= 15 is 0 Å². The summed E-state index contributed by atoms with van der Waals surface area (Å²) < 4.78 is 0.994. The summed E-state index contributed by atoms with van der Waals surface area (Å²) in [4.78, 5) is 9.81. The second-order valence-electron chi connectivity index (χ2n) is 3.40.